The van der Waals surface area contributed by atoms with Crippen molar-refractivity contribution in [2.45, 2.75) is 32.7 Å². The van der Waals surface area contributed by atoms with Gasteiger partial charge in [-0.25, -0.2) is 0 Å². The predicted octanol–water partition coefficient (Wildman–Crippen LogP) is 4.33. The molecule has 2 aromatic rings. The highest BCUT2D eigenvalue weighted by atomic mass is 16.5. The second-order valence-electron chi connectivity index (χ2n) is 7.69. The van der Waals surface area contributed by atoms with E-state index < -0.39 is 17.7 Å². The summed E-state index contributed by atoms with van der Waals surface area (Å²) in [5.74, 6) is -0.411. The number of ketones is 1. The van der Waals surface area contributed by atoms with Gasteiger partial charge >= 0.3 is 0 Å². The topological polar surface area (TPSA) is 85.3 Å². The van der Waals surface area contributed by atoms with Crippen molar-refractivity contribution < 1.29 is 28.9 Å². The summed E-state index contributed by atoms with van der Waals surface area (Å²) in [6, 6.07) is 13.4. The van der Waals surface area contributed by atoms with E-state index in [0.29, 0.717) is 55.4 Å². The van der Waals surface area contributed by atoms with Gasteiger partial charge in [0.2, 0.25) is 0 Å². The van der Waals surface area contributed by atoms with Gasteiger partial charge < -0.3 is 24.2 Å². The zero-order valence-electron chi connectivity index (χ0n) is 19.4. The molecule has 2 aromatic carbocycles. The Hall–Kier alpha value is -3.32. The van der Waals surface area contributed by atoms with Crippen LogP contribution in [0, 0.1) is 0 Å². The standard InChI is InChI=1S/C26H31NO6/c1-4-15-33-20-13-12-19(17-21(20)32-5-2)23-22(24(28)18-10-7-6-8-11-18)25(29)26(30)27(23)14-9-16-31-3/h6-8,10-13,17,23,28H,4-5,9,14-16H2,1-3H3. The fourth-order valence-electron chi connectivity index (χ4n) is 3.88. The fourth-order valence-corrected chi connectivity index (χ4v) is 3.88. The van der Waals surface area contributed by atoms with Gasteiger partial charge in [-0.05, 0) is 37.5 Å². The van der Waals surface area contributed by atoms with Crippen LogP contribution in [0.3, 0.4) is 0 Å². The Morgan fingerprint density at radius 2 is 1.76 bits per heavy atom. The summed E-state index contributed by atoms with van der Waals surface area (Å²) < 4.78 is 16.7. The van der Waals surface area contributed by atoms with Gasteiger partial charge in [0.25, 0.3) is 11.7 Å². The summed E-state index contributed by atoms with van der Waals surface area (Å²) in [4.78, 5) is 27.5. The van der Waals surface area contributed by atoms with E-state index in [1.54, 1.807) is 43.5 Å². The van der Waals surface area contributed by atoms with E-state index in [1.165, 1.54) is 4.90 Å². The minimum absolute atomic E-state index is 0.0632. The third kappa shape index (κ3) is 5.37. The number of ether oxygens (including phenoxy) is 3. The molecule has 0 saturated carbocycles. The van der Waals surface area contributed by atoms with Crippen LogP contribution in [0.1, 0.15) is 43.9 Å². The maximum Gasteiger partial charge on any atom is 0.295 e. The molecule has 176 valence electrons. The smallest absolute Gasteiger partial charge is 0.295 e. The van der Waals surface area contributed by atoms with Gasteiger partial charge in [-0.2, -0.15) is 0 Å². The van der Waals surface area contributed by atoms with E-state index in [1.807, 2.05) is 26.0 Å². The third-order valence-electron chi connectivity index (χ3n) is 5.38. The number of rotatable bonds is 11. The van der Waals surface area contributed by atoms with Crippen LogP contribution in [-0.2, 0) is 14.3 Å². The molecule has 3 rings (SSSR count). The minimum Gasteiger partial charge on any atom is -0.507 e. The predicted molar refractivity (Wildman–Crippen MR) is 125 cm³/mol. The van der Waals surface area contributed by atoms with E-state index in [9.17, 15) is 14.7 Å². The summed E-state index contributed by atoms with van der Waals surface area (Å²) in [6.07, 6.45) is 1.41. The first kappa shape index (κ1) is 24.3. The molecule has 1 heterocycles. The maximum absolute atomic E-state index is 13.1. The van der Waals surface area contributed by atoms with E-state index in [2.05, 4.69) is 0 Å². The molecule has 1 N–H and O–H groups in total. The Labute approximate surface area is 194 Å². The molecule has 0 aliphatic carbocycles. The molecular formula is C26H31NO6. The maximum atomic E-state index is 13.1. The normalized spacial score (nSPS) is 17.4. The molecule has 7 nitrogen and oxygen atoms in total. The highest BCUT2D eigenvalue weighted by Crippen LogP contribution is 2.42. The number of aliphatic hydroxyl groups is 1. The summed E-state index contributed by atoms with van der Waals surface area (Å²) in [7, 11) is 1.59. The molecular weight excluding hydrogens is 422 g/mol. The van der Waals surface area contributed by atoms with Crippen LogP contribution < -0.4 is 9.47 Å². The van der Waals surface area contributed by atoms with Gasteiger partial charge in [-0.15, -0.1) is 0 Å². The zero-order valence-corrected chi connectivity index (χ0v) is 19.4. The Morgan fingerprint density at radius 3 is 2.42 bits per heavy atom. The molecule has 1 atom stereocenters. The number of hydrogen-bond donors (Lipinski definition) is 1. The van der Waals surface area contributed by atoms with E-state index in [4.69, 9.17) is 14.2 Å². The lowest BCUT2D eigenvalue weighted by Gasteiger charge is -2.26. The Morgan fingerprint density at radius 1 is 1.00 bits per heavy atom. The van der Waals surface area contributed by atoms with Crippen LogP contribution in [0.5, 0.6) is 11.5 Å². The lowest BCUT2D eigenvalue weighted by molar-refractivity contribution is -0.140. The van der Waals surface area contributed by atoms with Crippen molar-refractivity contribution in [2.75, 3.05) is 33.5 Å². The van der Waals surface area contributed by atoms with Crippen molar-refractivity contribution >= 4 is 17.4 Å². The number of carbonyl (C=O) groups is 2. The van der Waals surface area contributed by atoms with Crippen LogP contribution in [0.4, 0.5) is 0 Å². The average Bonchev–Trinajstić information content (AvgIpc) is 3.08. The molecule has 1 aliphatic rings. The molecule has 1 saturated heterocycles. The number of methoxy groups -OCH3 is 1. The number of amides is 1. The van der Waals surface area contributed by atoms with Crippen LogP contribution >= 0.6 is 0 Å². The van der Waals surface area contributed by atoms with Gasteiger partial charge in [-0.1, -0.05) is 43.3 Å². The second-order valence-corrected chi connectivity index (χ2v) is 7.69. The van der Waals surface area contributed by atoms with Crippen LogP contribution in [0.25, 0.3) is 5.76 Å². The summed E-state index contributed by atoms with van der Waals surface area (Å²) in [6.45, 7) is 5.64. The molecule has 7 heteroatoms. The number of nitrogens with zero attached hydrogens (tertiary/aromatic N) is 1. The van der Waals surface area contributed by atoms with Crippen LogP contribution in [0.2, 0.25) is 0 Å². The van der Waals surface area contributed by atoms with Gasteiger partial charge in [-0.3, -0.25) is 9.59 Å². The third-order valence-corrected chi connectivity index (χ3v) is 5.38. The summed E-state index contributed by atoms with van der Waals surface area (Å²) >= 11 is 0. The molecule has 1 fully saturated rings. The molecule has 33 heavy (non-hydrogen) atoms. The first-order chi connectivity index (χ1) is 16.0. The van der Waals surface area contributed by atoms with Crippen LogP contribution in [0.15, 0.2) is 54.1 Å². The highest BCUT2D eigenvalue weighted by molar-refractivity contribution is 6.46. The fraction of sp³-hybridized carbons (Fsp3) is 0.385. The first-order valence-corrected chi connectivity index (χ1v) is 11.3. The van der Waals surface area contributed by atoms with E-state index in [-0.39, 0.29) is 11.3 Å². The van der Waals surface area contributed by atoms with Crippen LogP contribution in [-0.4, -0.2) is 55.2 Å². The van der Waals surface area contributed by atoms with Gasteiger partial charge in [0, 0.05) is 25.8 Å². The Kier molecular flexibility index (Phi) is 8.49. The molecule has 1 aliphatic heterocycles. The number of carbonyl (C=O) groups excluding carboxylic acids is 2. The quantitative estimate of drug-likeness (QED) is 0.236. The van der Waals surface area contributed by atoms with Crippen molar-refractivity contribution in [3.05, 3.63) is 65.2 Å². The molecule has 0 spiro atoms. The van der Waals surface area contributed by atoms with Gasteiger partial charge in [0.1, 0.15) is 5.76 Å². The highest BCUT2D eigenvalue weighted by Gasteiger charge is 2.46. The zero-order chi connectivity index (χ0) is 23.8. The molecule has 0 bridgehead atoms. The first-order valence-electron chi connectivity index (χ1n) is 11.3. The Balaban J connectivity index is 2.12. The molecule has 1 unspecified atom stereocenters. The number of aliphatic hydroxyl groups excluding tert-OH is 1. The minimum atomic E-state index is -0.749. The lowest BCUT2D eigenvalue weighted by Crippen LogP contribution is -2.31. The van der Waals surface area contributed by atoms with Crippen molar-refractivity contribution in [3.8, 4) is 11.5 Å². The van der Waals surface area contributed by atoms with Crippen molar-refractivity contribution in [2.24, 2.45) is 0 Å². The van der Waals surface area contributed by atoms with Crippen molar-refractivity contribution in [1.82, 2.24) is 4.90 Å². The monoisotopic (exact) mass is 453 g/mol. The Bertz CT molecular complexity index is 1000. The summed E-state index contributed by atoms with van der Waals surface area (Å²) in [5.41, 5.74) is 1.20. The number of hydrogen-bond acceptors (Lipinski definition) is 6. The number of benzene rings is 2. The van der Waals surface area contributed by atoms with Crippen molar-refractivity contribution in [3.63, 3.8) is 0 Å². The second kappa shape index (κ2) is 11.5. The molecule has 0 aromatic heterocycles. The number of likely N-dealkylation sites (tertiary alicyclic amines) is 1. The largest absolute Gasteiger partial charge is 0.507 e. The van der Waals surface area contributed by atoms with E-state index in [0.717, 1.165) is 6.42 Å². The van der Waals surface area contributed by atoms with Crippen molar-refractivity contribution in [1.29, 1.82) is 0 Å². The van der Waals surface area contributed by atoms with E-state index >= 15 is 0 Å². The molecule has 0 radical (unpaired) electrons. The van der Waals surface area contributed by atoms with Gasteiger partial charge in [0.05, 0.1) is 24.8 Å². The van der Waals surface area contributed by atoms with Gasteiger partial charge in [0.15, 0.2) is 11.5 Å². The average molecular weight is 454 g/mol. The lowest BCUT2D eigenvalue weighted by atomic mass is 9.95. The number of Topliss-reactive ketones (excluding diaryl/α,β-unsaturated/α-hetero) is 1. The summed E-state index contributed by atoms with van der Waals surface area (Å²) in [5, 5.41) is 11.1. The SMILES string of the molecule is CCCOc1ccc(C2C(=C(O)c3ccccc3)C(=O)C(=O)N2CCCOC)cc1OCC. The molecule has 1 amide bonds.